The molecule has 0 N–H and O–H groups in total. The molecule has 2 aliphatic heterocycles. The van der Waals surface area contributed by atoms with Crippen LogP contribution in [0.5, 0.6) is 0 Å². The Kier molecular flexibility index (Phi) is 5.10. The molecule has 7 heteroatoms. The Morgan fingerprint density at radius 3 is 2.46 bits per heavy atom. The molecule has 4 nitrogen and oxygen atoms in total. The number of nitrogens with zero attached hydrogens (tertiary/aromatic N) is 2. The number of thiocarbonyl (C=S) groups is 1. The van der Waals surface area contributed by atoms with Crippen molar-refractivity contribution in [3.63, 3.8) is 0 Å². The lowest BCUT2D eigenvalue weighted by molar-refractivity contribution is -0.122. The molecule has 0 aromatic heterocycles. The molecule has 0 aliphatic carbocycles. The average molecular weight is 427 g/mol. The highest BCUT2D eigenvalue weighted by atomic mass is 35.5. The first-order chi connectivity index (χ1) is 13.5. The van der Waals surface area contributed by atoms with Crippen LogP contribution < -0.4 is 4.90 Å². The van der Waals surface area contributed by atoms with Crippen molar-refractivity contribution in [2.75, 3.05) is 11.4 Å². The minimum Gasteiger partial charge on any atom is -0.303 e. The molecule has 2 amide bonds. The van der Waals surface area contributed by atoms with Crippen LogP contribution in [0.3, 0.4) is 0 Å². The van der Waals surface area contributed by atoms with Gasteiger partial charge >= 0.3 is 0 Å². The van der Waals surface area contributed by atoms with Crippen LogP contribution in [0.4, 0.5) is 5.69 Å². The summed E-state index contributed by atoms with van der Waals surface area (Å²) in [6.45, 7) is 4.39. The lowest BCUT2D eigenvalue weighted by Crippen LogP contribution is -2.29. The third kappa shape index (κ3) is 3.17. The second-order valence-electron chi connectivity index (χ2n) is 6.31. The van der Waals surface area contributed by atoms with Crippen molar-refractivity contribution in [1.82, 2.24) is 4.90 Å². The van der Waals surface area contributed by atoms with E-state index in [1.807, 2.05) is 36.4 Å². The summed E-state index contributed by atoms with van der Waals surface area (Å²) in [5.41, 5.74) is 2.90. The van der Waals surface area contributed by atoms with E-state index in [4.69, 9.17) is 23.8 Å². The maximum atomic E-state index is 13.3. The quantitative estimate of drug-likeness (QED) is 0.405. The van der Waals surface area contributed by atoms with Gasteiger partial charge in [0.05, 0.1) is 22.7 Å². The lowest BCUT2D eigenvalue weighted by atomic mass is 10.1. The number of hydrogen-bond acceptors (Lipinski definition) is 4. The number of anilines is 1. The molecule has 2 aliphatic rings. The van der Waals surface area contributed by atoms with Crippen molar-refractivity contribution in [1.29, 1.82) is 0 Å². The number of carbonyl (C=O) groups is 2. The normalized spacial score (nSPS) is 18.8. The molecule has 1 saturated heterocycles. The van der Waals surface area contributed by atoms with E-state index in [0.29, 0.717) is 32.9 Å². The van der Waals surface area contributed by atoms with Crippen molar-refractivity contribution in [2.24, 2.45) is 0 Å². The summed E-state index contributed by atoms with van der Waals surface area (Å²) in [5.74, 6) is -0.448. The summed E-state index contributed by atoms with van der Waals surface area (Å²) < 4.78 is 0.439. The zero-order valence-corrected chi connectivity index (χ0v) is 17.1. The smallest absolute Gasteiger partial charge is 0.267 e. The van der Waals surface area contributed by atoms with Gasteiger partial charge in [-0.15, -0.1) is 6.58 Å². The van der Waals surface area contributed by atoms with Crippen LogP contribution in [0.2, 0.25) is 5.02 Å². The summed E-state index contributed by atoms with van der Waals surface area (Å²) in [4.78, 5) is 29.7. The molecule has 0 spiro atoms. The first kappa shape index (κ1) is 18.9. The fraction of sp³-hybridized carbons (Fsp3) is 0.0952. The SMILES string of the molecule is C=CCN1C(=O)C(=C2C(=O)N(Cc3ccc(Cl)cc3)c3ccccc32)SC1=S. The number of hydrogen-bond donors (Lipinski definition) is 0. The van der Waals surface area contributed by atoms with Crippen molar-refractivity contribution in [3.05, 3.63) is 82.2 Å². The van der Waals surface area contributed by atoms with E-state index in [2.05, 4.69) is 6.58 Å². The van der Waals surface area contributed by atoms with Crippen molar-refractivity contribution < 1.29 is 9.59 Å². The van der Waals surface area contributed by atoms with E-state index in [1.165, 1.54) is 16.7 Å². The monoisotopic (exact) mass is 426 g/mol. The number of amides is 2. The van der Waals surface area contributed by atoms with Gasteiger partial charge in [-0.2, -0.15) is 0 Å². The van der Waals surface area contributed by atoms with Crippen LogP contribution in [0.15, 0.2) is 66.1 Å². The second kappa shape index (κ2) is 7.54. The predicted octanol–water partition coefficient (Wildman–Crippen LogP) is 4.64. The molecular formula is C21H15ClN2O2S2. The van der Waals surface area contributed by atoms with Gasteiger partial charge in [0.2, 0.25) is 0 Å². The van der Waals surface area contributed by atoms with Gasteiger partial charge in [0.15, 0.2) is 0 Å². The fourth-order valence-electron chi connectivity index (χ4n) is 3.26. The third-order valence-corrected chi connectivity index (χ3v) is 6.27. The summed E-state index contributed by atoms with van der Waals surface area (Å²) in [7, 11) is 0. The molecular weight excluding hydrogens is 412 g/mol. The van der Waals surface area contributed by atoms with Gasteiger partial charge in [0.25, 0.3) is 11.8 Å². The molecule has 2 heterocycles. The van der Waals surface area contributed by atoms with E-state index in [0.717, 1.165) is 16.8 Å². The third-order valence-electron chi connectivity index (χ3n) is 4.57. The zero-order valence-electron chi connectivity index (χ0n) is 14.7. The number of halogens is 1. The highest BCUT2D eigenvalue weighted by Gasteiger charge is 2.41. The van der Waals surface area contributed by atoms with Crippen LogP contribution in [0.1, 0.15) is 11.1 Å². The molecule has 0 bridgehead atoms. The highest BCUT2D eigenvalue weighted by molar-refractivity contribution is 8.26. The van der Waals surface area contributed by atoms with Gasteiger partial charge in [-0.25, -0.2) is 0 Å². The van der Waals surface area contributed by atoms with Gasteiger partial charge < -0.3 is 4.90 Å². The van der Waals surface area contributed by atoms with Gasteiger partial charge in [0, 0.05) is 17.1 Å². The Labute approximate surface area is 177 Å². The van der Waals surface area contributed by atoms with Crippen LogP contribution in [-0.4, -0.2) is 27.6 Å². The summed E-state index contributed by atoms with van der Waals surface area (Å²) in [6, 6.07) is 14.9. The molecule has 0 saturated carbocycles. The van der Waals surface area contributed by atoms with E-state index in [1.54, 1.807) is 23.1 Å². The molecule has 0 atom stereocenters. The van der Waals surface area contributed by atoms with Crippen molar-refractivity contribution >= 4 is 63.0 Å². The molecule has 140 valence electrons. The van der Waals surface area contributed by atoms with Crippen molar-refractivity contribution in [2.45, 2.75) is 6.54 Å². The minimum absolute atomic E-state index is 0.199. The van der Waals surface area contributed by atoms with Crippen LogP contribution >= 0.6 is 35.6 Å². The fourth-order valence-corrected chi connectivity index (χ4v) is 4.74. The maximum Gasteiger partial charge on any atom is 0.267 e. The van der Waals surface area contributed by atoms with Crippen LogP contribution in [0, 0.1) is 0 Å². The topological polar surface area (TPSA) is 40.6 Å². The summed E-state index contributed by atoms with van der Waals surface area (Å²) in [6.07, 6.45) is 1.62. The second-order valence-corrected chi connectivity index (χ2v) is 8.39. The minimum atomic E-state index is -0.249. The number of fused-ring (bicyclic) bond motifs is 1. The van der Waals surface area contributed by atoms with Gasteiger partial charge in [-0.1, -0.05) is 72.0 Å². The van der Waals surface area contributed by atoms with Crippen LogP contribution in [-0.2, 0) is 16.1 Å². The van der Waals surface area contributed by atoms with E-state index in [9.17, 15) is 9.59 Å². The molecule has 0 radical (unpaired) electrons. The largest absolute Gasteiger partial charge is 0.303 e. The predicted molar refractivity (Wildman–Crippen MR) is 118 cm³/mol. The van der Waals surface area contributed by atoms with Crippen LogP contribution in [0.25, 0.3) is 5.57 Å². The summed E-state index contributed by atoms with van der Waals surface area (Å²) >= 11 is 12.5. The number of thioether (sulfide) groups is 1. The number of carbonyl (C=O) groups excluding carboxylic acids is 2. The highest BCUT2D eigenvalue weighted by Crippen LogP contribution is 2.44. The molecule has 2 aromatic rings. The molecule has 0 unspecified atom stereocenters. The number of para-hydroxylation sites is 1. The molecule has 4 rings (SSSR count). The zero-order chi connectivity index (χ0) is 19.8. The Morgan fingerprint density at radius 1 is 1.04 bits per heavy atom. The van der Waals surface area contributed by atoms with E-state index < -0.39 is 0 Å². The van der Waals surface area contributed by atoms with Gasteiger partial charge in [-0.05, 0) is 23.8 Å². The number of rotatable bonds is 4. The Bertz CT molecular complexity index is 1050. The summed E-state index contributed by atoms with van der Waals surface area (Å²) in [5, 5.41) is 0.642. The molecule has 1 fully saturated rings. The first-order valence-electron chi connectivity index (χ1n) is 8.56. The maximum absolute atomic E-state index is 13.3. The standard InChI is InChI=1S/C21H15ClN2O2S2/c1-2-11-23-20(26)18(28-21(23)27)17-15-5-3-4-6-16(15)24(19(17)25)12-13-7-9-14(22)10-8-13/h2-10H,1,11-12H2. The molecule has 28 heavy (non-hydrogen) atoms. The first-order valence-corrected chi connectivity index (χ1v) is 10.2. The lowest BCUT2D eigenvalue weighted by Gasteiger charge is -2.17. The Hall–Kier alpha value is -2.41. The average Bonchev–Trinajstić information content (AvgIpc) is 3.12. The Balaban J connectivity index is 1.77. The van der Waals surface area contributed by atoms with E-state index >= 15 is 0 Å². The number of benzene rings is 2. The Morgan fingerprint density at radius 2 is 1.75 bits per heavy atom. The molecule has 2 aromatic carbocycles. The van der Waals surface area contributed by atoms with Gasteiger partial charge in [0.1, 0.15) is 4.32 Å². The van der Waals surface area contributed by atoms with Crippen molar-refractivity contribution in [3.8, 4) is 0 Å². The van der Waals surface area contributed by atoms with Gasteiger partial charge in [-0.3, -0.25) is 14.5 Å². The van der Waals surface area contributed by atoms with E-state index in [-0.39, 0.29) is 11.8 Å².